The SMILES string of the molecule is CCOC(C(=O)[O-])C(O)C(O)C(O)C(O)C(O)CO.CCOC(C(=O)[O-])C(O)C(O)C(O)C(O)C(O)CO.[SnH2+2]. The molecule has 39 heavy (non-hydrogen) atoms. The third-order valence-electron chi connectivity index (χ3n) is 5.04. The summed E-state index contributed by atoms with van der Waals surface area (Å²) in [6.07, 6.45) is -23.9. The van der Waals surface area contributed by atoms with Gasteiger partial charge in [0.25, 0.3) is 0 Å². The van der Waals surface area contributed by atoms with Crippen LogP contribution in [-0.2, 0) is 19.1 Å². The number of hydrogen-bond donors (Lipinski definition) is 12. The summed E-state index contributed by atoms with van der Waals surface area (Å²) in [5.41, 5.74) is 0. The third kappa shape index (κ3) is 14.1. The summed E-state index contributed by atoms with van der Waals surface area (Å²) in [4.78, 5) is 21.4. The van der Waals surface area contributed by atoms with Crippen LogP contribution in [0, 0.1) is 0 Å². The summed E-state index contributed by atoms with van der Waals surface area (Å²) in [5, 5.41) is 132. The molecule has 18 nitrogen and oxygen atoms in total. The first-order valence-electron chi connectivity index (χ1n) is 11.2. The molecular formula is C20H40O18Sn. The van der Waals surface area contributed by atoms with Crippen molar-refractivity contribution in [2.45, 2.75) is 87.1 Å². The van der Waals surface area contributed by atoms with E-state index in [0.29, 0.717) is 0 Å². The van der Waals surface area contributed by atoms with E-state index in [-0.39, 0.29) is 37.1 Å². The van der Waals surface area contributed by atoms with Gasteiger partial charge >= 0.3 is 23.9 Å². The van der Waals surface area contributed by atoms with Crippen LogP contribution in [0.25, 0.3) is 0 Å². The standard InChI is InChI=1S/2C10H20O9.Sn.2H/c2*1-2-19-9(10(17)18)8(16)7(15)6(14)5(13)4(12)3-11;;;/h2*4-9,11-16H,2-3H2,1H3,(H,17,18);;;/q;;+2;;/p-2. The van der Waals surface area contributed by atoms with Crippen molar-refractivity contribution in [2.75, 3.05) is 26.4 Å². The van der Waals surface area contributed by atoms with Crippen molar-refractivity contribution in [3.8, 4) is 0 Å². The summed E-state index contributed by atoms with van der Waals surface area (Å²) in [7, 11) is 0. The van der Waals surface area contributed by atoms with Gasteiger partial charge in [-0.1, -0.05) is 0 Å². The van der Waals surface area contributed by atoms with Crippen LogP contribution in [0.5, 0.6) is 0 Å². The fourth-order valence-corrected chi connectivity index (χ4v) is 2.81. The van der Waals surface area contributed by atoms with Crippen LogP contribution in [0.1, 0.15) is 13.8 Å². The summed E-state index contributed by atoms with van der Waals surface area (Å²) >= 11 is 0. The number of carboxylic acid groups (broad SMARTS) is 2. The minimum absolute atomic E-state index is 0. The van der Waals surface area contributed by atoms with Gasteiger partial charge in [-0.05, 0) is 13.8 Å². The second-order valence-corrected chi connectivity index (χ2v) is 7.81. The predicted octanol–water partition coefficient (Wildman–Crippen LogP) is -11.0. The van der Waals surface area contributed by atoms with Crippen LogP contribution in [0.4, 0.5) is 0 Å². The molecule has 0 fully saturated rings. The predicted molar refractivity (Wildman–Crippen MR) is 124 cm³/mol. The Morgan fingerprint density at radius 2 is 0.769 bits per heavy atom. The summed E-state index contributed by atoms with van der Waals surface area (Å²) < 4.78 is 9.25. The zero-order valence-corrected chi connectivity index (χ0v) is 25.3. The fraction of sp³-hybridized carbons (Fsp3) is 0.900. The number of aliphatic hydroxyl groups excluding tert-OH is 12. The number of carbonyl (C=O) groups is 2. The van der Waals surface area contributed by atoms with Crippen LogP contribution in [0.3, 0.4) is 0 Å². The number of carbonyl (C=O) groups excluding carboxylic acids is 2. The molecule has 0 saturated heterocycles. The van der Waals surface area contributed by atoms with Crippen molar-refractivity contribution in [3.63, 3.8) is 0 Å². The van der Waals surface area contributed by atoms with E-state index in [1.807, 2.05) is 0 Å². The Labute approximate surface area is 239 Å². The van der Waals surface area contributed by atoms with Crippen molar-refractivity contribution in [1.82, 2.24) is 0 Å². The minimum atomic E-state index is -2.12. The molecule has 0 radical (unpaired) electrons. The Morgan fingerprint density at radius 1 is 0.538 bits per heavy atom. The van der Waals surface area contributed by atoms with Crippen molar-refractivity contribution < 1.29 is 90.6 Å². The van der Waals surface area contributed by atoms with E-state index in [1.165, 1.54) is 13.8 Å². The molecule has 19 heteroatoms. The third-order valence-corrected chi connectivity index (χ3v) is 5.04. The topological polar surface area (TPSA) is 341 Å². The van der Waals surface area contributed by atoms with Gasteiger partial charge in [0.05, 0.1) is 25.2 Å². The molecule has 0 aliphatic heterocycles. The molecule has 12 N–H and O–H groups in total. The molecule has 0 aromatic carbocycles. The Kier molecular flexibility index (Phi) is 23.9. The second-order valence-electron chi connectivity index (χ2n) is 7.81. The van der Waals surface area contributed by atoms with Gasteiger partial charge in [0.15, 0.2) is 0 Å². The Bertz CT molecular complexity index is 604. The molecule has 12 atom stereocenters. The maximum atomic E-state index is 10.7. The van der Waals surface area contributed by atoms with Crippen LogP contribution in [0.2, 0.25) is 0 Å². The molecule has 0 amide bonds. The fourth-order valence-electron chi connectivity index (χ4n) is 2.81. The Morgan fingerprint density at radius 3 is 0.949 bits per heavy atom. The first-order chi connectivity index (χ1) is 17.5. The molecule has 0 saturated carbocycles. The van der Waals surface area contributed by atoms with Gasteiger partial charge in [-0.25, -0.2) is 0 Å². The summed E-state index contributed by atoms with van der Waals surface area (Å²) in [6, 6.07) is 0. The summed E-state index contributed by atoms with van der Waals surface area (Å²) in [6.45, 7) is 0.902. The summed E-state index contributed by atoms with van der Waals surface area (Å²) in [5.74, 6) is -3.62. The van der Waals surface area contributed by atoms with E-state index in [9.17, 15) is 60.7 Å². The molecular weight excluding hydrogens is 647 g/mol. The van der Waals surface area contributed by atoms with Crippen molar-refractivity contribution in [3.05, 3.63) is 0 Å². The van der Waals surface area contributed by atoms with Crippen LogP contribution < -0.4 is 10.2 Å². The molecule has 0 aliphatic rings. The normalized spacial score (nSPS) is 20.7. The van der Waals surface area contributed by atoms with E-state index in [1.54, 1.807) is 0 Å². The van der Waals surface area contributed by atoms with E-state index in [0.717, 1.165) is 0 Å². The van der Waals surface area contributed by atoms with Gasteiger partial charge in [-0.2, -0.15) is 0 Å². The molecule has 12 unspecified atom stereocenters. The number of aliphatic carboxylic acids is 2. The number of aliphatic hydroxyl groups is 12. The molecule has 232 valence electrons. The molecule has 0 spiro atoms. The van der Waals surface area contributed by atoms with Crippen molar-refractivity contribution >= 4 is 35.8 Å². The van der Waals surface area contributed by atoms with E-state index >= 15 is 0 Å². The quantitative estimate of drug-likeness (QED) is 0.0595. The van der Waals surface area contributed by atoms with Gasteiger partial charge in [-0.15, -0.1) is 0 Å². The molecule has 0 rings (SSSR count). The maximum absolute atomic E-state index is 10.7. The van der Waals surface area contributed by atoms with Gasteiger partial charge in [-0.3, -0.25) is 0 Å². The van der Waals surface area contributed by atoms with Crippen LogP contribution >= 0.6 is 0 Å². The number of ether oxygens (including phenoxy) is 2. The van der Waals surface area contributed by atoms with Crippen LogP contribution in [-0.4, -0.2) is 197 Å². The van der Waals surface area contributed by atoms with Crippen molar-refractivity contribution in [2.24, 2.45) is 0 Å². The average Bonchev–Trinajstić information content (AvgIpc) is 2.90. The van der Waals surface area contributed by atoms with E-state index in [2.05, 4.69) is 9.47 Å². The van der Waals surface area contributed by atoms with Crippen LogP contribution in [0.15, 0.2) is 0 Å². The Hall–Kier alpha value is -0.821. The Balaban J connectivity index is -0.000000648. The second kappa shape index (κ2) is 21.9. The number of carboxylic acids is 2. The van der Waals surface area contributed by atoms with Gasteiger partial charge in [0.1, 0.15) is 73.2 Å². The zero-order chi connectivity index (χ0) is 30.3. The van der Waals surface area contributed by atoms with Gasteiger partial charge in [0, 0.05) is 13.2 Å². The van der Waals surface area contributed by atoms with Gasteiger partial charge < -0.3 is 90.6 Å². The van der Waals surface area contributed by atoms with E-state index in [4.69, 9.17) is 20.4 Å². The van der Waals surface area contributed by atoms with Gasteiger partial charge in [0.2, 0.25) is 0 Å². The first-order valence-corrected chi connectivity index (χ1v) is 11.2. The molecule has 0 heterocycles. The molecule has 0 bridgehead atoms. The first kappa shape index (κ1) is 42.6. The zero-order valence-electron chi connectivity index (χ0n) is 21.3. The molecule has 0 aromatic rings. The van der Waals surface area contributed by atoms with E-state index < -0.39 is 98.4 Å². The monoisotopic (exact) mass is 688 g/mol. The van der Waals surface area contributed by atoms with Crippen molar-refractivity contribution in [1.29, 1.82) is 0 Å². The number of rotatable bonds is 18. The molecule has 0 aromatic heterocycles. The average molecular weight is 687 g/mol. The molecule has 0 aliphatic carbocycles. The number of hydrogen-bond acceptors (Lipinski definition) is 18.